The van der Waals surface area contributed by atoms with Gasteiger partial charge in [-0.25, -0.2) is 14.5 Å². The van der Waals surface area contributed by atoms with Gasteiger partial charge in [-0.15, -0.1) is 0 Å². The molecule has 0 atom stereocenters. The number of hydrogen-bond donors (Lipinski definition) is 2. The highest BCUT2D eigenvalue weighted by Crippen LogP contribution is 2.05. The van der Waals surface area contributed by atoms with Gasteiger partial charge in [0.1, 0.15) is 0 Å². The molecule has 0 fully saturated rings. The van der Waals surface area contributed by atoms with Crippen LogP contribution in [-0.2, 0) is 4.74 Å². The van der Waals surface area contributed by atoms with Crippen LogP contribution >= 0.6 is 0 Å². The van der Waals surface area contributed by atoms with E-state index in [2.05, 4.69) is 10.1 Å². The summed E-state index contributed by atoms with van der Waals surface area (Å²) in [6, 6.07) is 5.07. The van der Waals surface area contributed by atoms with Crippen molar-refractivity contribution in [2.24, 2.45) is 0 Å². The maximum absolute atomic E-state index is 11.7. The number of ether oxygens (including phenoxy) is 1. The van der Waals surface area contributed by atoms with Gasteiger partial charge in [-0.1, -0.05) is 6.07 Å². The lowest BCUT2D eigenvalue weighted by atomic mass is 9.83. The minimum absolute atomic E-state index is 0.00232. The molecule has 0 aliphatic rings. The summed E-state index contributed by atoms with van der Waals surface area (Å²) in [5.41, 5.74) is -0.0698. The number of carbonyl (C=O) groups is 1. The fourth-order valence-electron chi connectivity index (χ4n) is 1.63. The maximum Gasteiger partial charge on any atom is 0.509 e. The topological polar surface area (TPSA) is 97.5 Å². The molecule has 0 aliphatic heterocycles. The van der Waals surface area contributed by atoms with Gasteiger partial charge in [0.05, 0.1) is 24.0 Å². The molecule has 2 heterocycles. The third-order valence-corrected chi connectivity index (χ3v) is 2.41. The number of carbonyl (C=O) groups excluding carboxylic acids is 1. The summed E-state index contributed by atoms with van der Waals surface area (Å²) < 4.78 is 6.02. The van der Waals surface area contributed by atoms with Crippen molar-refractivity contribution >= 4 is 18.7 Å². The fourth-order valence-corrected chi connectivity index (χ4v) is 1.63. The Morgan fingerprint density at radius 3 is 2.84 bits per heavy atom. The van der Waals surface area contributed by atoms with Crippen molar-refractivity contribution in [2.75, 3.05) is 6.61 Å². The first-order valence-electron chi connectivity index (χ1n) is 5.67. The molecule has 2 N–H and O–H groups in total. The van der Waals surface area contributed by atoms with Gasteiger partial charge in [-0.3, -0.25) is 0 Å². The molecule has 19 heavy (non-hydrogen) atoms. The Labute approximate surface area is 109 Å². The average molecular weight is 261 g/mol. The van der Waals surface area contributed by atoms with Crippen LogP contribution in [0.3, 0.4) is 0 Å². The molecule has 0 bridgehead atoms. The normalized spacial score (nSPS) is 10.3. The lowest BCUT2D eigenvalue weighted by Crippen LogP contribution is -2.40. The second kappa shape index (κ2) is 5.64. The van der Waals surface area contributed by atoms with Crippen molar-refractivity contribution in [3.63, 3.8) is 0 Å². The van der Waals surface area contributed by atoms with E-state index in [0.29, 0.717) is 5.82 Å². The Balaban J connectivity index is 2.49. The van der Waals surface area contributed by atoms with Crippen molar-refractivity contribution in [1.82, 2.24) is 14.8 Å². The monoisotopic (exact) mass is 261 g/mol. The largest absolute Gasteiger partial charge is 0.509 e. The lowest BCUT2D eigenvalue weighted by Gasteiger charge is -2.07. The molecule has 2 aromatic rings. The summed E-state index contributed by atoms with van der Waals surface area (Å²) in [6.07, 6.45) is 2.76. The summed E-state index contributed by atoms with van der Waals surface area (Å²) in [4.78, 5) is 15.7. The quantitative estimate of drug-likeness (QED) is 0.548. The van der Waals surface area contributed by atoms with Gasteiger partial charge >= 0.3 is 13.1 Å². The van der Waals surface area contributed by atoms with E-state index in [1.54, 1.807) is 25.1 Å². The summed E-state index contributed by atoms with van der Waals surface area (Å²) in [5.74, 6) is -0.283. The third-order valence-electron chi connectivity index (χ3n) is 2.41. The summed E-state index contributed by atoms with van der Waals surface area (Å²) in [5, 5.41) is 22.8. The highest BCUT2D eigenvalue weighted by Gasteiger charge is 2.28. The first kappa shape index (κ1) is 13.3. The number of pyridine rings is 1. The zero-order chi connectivity index (χ0) is 13.8. The average Bonchev–Trinajstić information content (AvgIpc) is 2.85. The predicted molar refractivity (Wildman–Crippen MR) is 67.1 cm³/mol. The summed E-state index contributed by atoms with van der Waals surface area (Å²) >= 11 is 0. The zero-order valence-corrected chi connectivity index (χ0v) is 10.2. The van der Waals surface area contributed by atoms with E-state index in [1.807, 2.05) is 0 Å². The number of esters is 1. The van der Waals surface area contributed by atoms with Gasteiger partial charge in [-0.05, 0) is 19.1 Å². The van der Waals surface area contributed by atoms with Crippen LogP contribution < -0.4 is 5.59 Å². The second-order valence-electron chi connectivity index (χ2n) is 3.64. The van der Waals surface area contributed by atoms with E-state index in [-0.39, 0.29) is 17.8 Å². The minimum atomic E-state index is -1.86. The van der Waals surface area contributed by atoms with Crippen LogP contribution in [-0.4, -0.2) is 44.5 Å². The molecule has 0 radical (unpaired) electrons. The molecule has 0 aromatic carbocycles. The molecule has 0 amide bonds. The van der Waals surface area contributed by atoms with E-state index in [4.69, 9.17) is 4.74 Å². The Morgan fingerprint density at radius 1 is 1.47 bits per heavy atom. The molecule has 8 heteroatoms. The number of nitrogens with zero attached hydrogens (tertiary/aromatic N) is 3. The van der Waals surface area contributed by atoms with Crippen LogP contribution in [0.25, 0.3) is 5.82 Å². The first-order valence-corrected chi connectivity index (χ1v) is 5.67. The van der Waals surface area contributed by atoms with Crippen LogP contribution in [0.1, 0.15) is 17.3 Å². The molecular weight excluding hydrogens is 249 g/mol. The molecule has 0 saturated carbocycles. The Bertz CT molecular complexity index is 571. The smallest absolute Gasteiger partial charge is 0.462 e. The Morgan fingerprint density at radius 2 is 2.26 bits per heavy atom. The van der Waals surface area contributed by atoms with Crippen LogP contribution in [0.2, 0.25) is 0 Å². The Kier molecular flexibility index (Phi) is 3.93. The summed E-state index contributed by atoms with van der Waals surface area (Å²) in [6.45, 7) is 1.85. The number of rotatable bonds is 4. The summed E-state index contributed by atoms with van der Waals surface area (Å²) in [7, 11) is -1.86. The second-order valence-corrected chi connectivity index (χ2v) is 3.64. The SMILES string of the molecule is CCOC(=O)c1cnn(-c2ccccn2)c1B(O)O. The standard InChI is InChI=1S/C11H12BN3O4/c1-2-19-11(16)8-7-14-15(10(8)12(17)18)9-5-3-4-6-13-9/h3-7,17-18H,2H2,1H3. The zero-order valence-electron chi connectivity index (χ0n) is 10.2. The highest BCUT2D eigenvalue weighted by atomic mass is 16.5. The van der Waals surface area contributed by atoms with Crippen LogP contribution in [0.15, 0.2) is 30.6 Å². The fraction of sp³-hybridized carbons (Fsp3) is 0.182. The number of hydrogen-bond acceptors (Lipinski definition) is 6. The molecule has 0 unspecified atom stereocenters. The van der Waals surface area contributed by atoms with Crippen molar-refractivity contribution in [2.45, 2.75) is 6.92 Å². The molecule has 0 aliphatic carbocycles. The highest BCUT2D eigenvalue weighted by molar-refractivity contribution is 6.59. The van der Waals surface area contributed by atoms with Gasteiger partial charge < -0.3 is 14.8 Å². The van der Waals surface area contributed by atoms with Gasteiger partial charge in [0.15, 0.2) is 5.82 Å². The van der Waals surface area contributed by atoms with E-state index in [0.717, 1.165) is 0 Å². The lowest BCUT2D eigenvalue weighted by molar-refractivity contribution is 0.0527. The predicted octanol–water partition coefficient (Wildman–Crippen LogP) is -0.876. The van der Waals surface area contributed by atoms with Crippen LogP contribution in [0.4, 0.5) is 0 Å². The molecule has 2 aromatic heterocycles. The van der Waals surface area contributed by atoms with Crippen molar-refractivity contribution in [1.29, 1.82) is 0 Å². The molecule has 0 spiro atoms. The molecular formula is C11H12BN3O4. The van der Waals surface area contributed by atoms with Gasteiger partial charge in [0, 0.05) is 6.20 Å². The van der Waals surface area contributed by atoms with E-state index >= 15 is 0 Å². The van der Waals surface area contributed by atoms with E-state index in [9.17, 15) is 14.8 Å². The first-order chi connectivity index (χ1) is 9.15. The minimum Gasteiger partial charge on any atom is -0.462 e. The molecule has 7 nitrogen and oxygen atoms in total. The maximum atomic E-state index is 11.7. The van der Waals surface area contributed by atoms with Gasteiger partial charge in [-0.2, -0.15) is 5.10 Å². The Hall–Kier alpha value is -2.19. The van der Waals surface area contributed by atoms with Crippen molar-refractivity contribution in [3.8, 4) is 5.82 Å². The molecule has 2 rings (SSSR count). The molecule has 0 saturated heterocycles. The van der Waals surface area contributed by atoms with Gasteiger partial charge in [0.2, 0.25) is 0 Å². The van der Waals surface area contributed by atoms with E-state index < -0.39 is 13.1 Å². The van der Waals surface area contributed by atoms with Crippen LogP contribution in [0.5, 0.6) is 0 Å². The van der Waals surface area contributed by atoms with Crippen molar-refractivity contribution in [3.05, 3.63) is 36.2 Å². The van der Waals surface area contributed by atoms with Crippen LogP contribution in [0, 0.1) is 0 Å². The van der Waals surface area contributed by atoms with E-state index in [1.165, 1.54) is 17.1 Å². The van der Waals surface area contributed by atoms with Crippen molar-refractivity contribution < 1.29 is 19.6 Å². The number of aromatic nitrogens is 3. The third kappa shape index (κ3) is 2.64. The molecule has 98 valence electrons. The van der Waals surface area contributed by atoms with Gasteiger partial charge in [0.25, 0.3) is 0 Å².